The molecule has 3 rings (SSSR count). The van der Waals surface area contributed by atoms with E-state index in [0.717, 1.165) is 12.3 Å². The second-order valence-electron chi connectivity index (χ2n) is 6.58. The number of rotatable bonds is 6. The van der Waals surface area contributed by atoms with Crippen LogP contribution in [0.5, 0.6) is 5.75 Å². The number of carbonyl (C=O) groups is 2. The molecule has 1 aromatic carbocycles. The molecule has 2 aliphatic rings. The van der Waals surface area contributed by atoms with Crippen LogP contribution in [0.15, 0.2) is 24.3 Å². The van der Waals surface area contributed by atoms with Gasteiger partial charge in [0, 0.05) is 18.2 Å². The number of fused-ring (bicyclic) bond motifs is 2. The number of benzene rings is 1. The Morgan fingerprint density at radius 1 is 1.26 bits per heavy atom. The summed E-state index contributed by atoms with van der Waals surface area (Å²) in [6, 6.07) is 7.06. The molecule has 2 bridgehead atoms. The van der Waals surface area contributed by atoms with Gasteiger partial charge in [-0.25, -0.2) is 0 Å². The van der Waals surface area contributed by atoms with Gasteiger partial charge in [-0.1, -0.05) is 12.5 Å². The van der Waals surface area contributed by atoms with Crippen LogP contribution >= 0.6 is 0 Å². The van der Waals surface area contributed by atoms with E-state index in [-0.39, 0.29) is 18.5 Å². The lowest BCUT2D eigenvalue weighted by Gasteiger charge is -2.20. The third-order valence-electron chi connectivity index (χ3n) is 5.03. The number of amides is 1. The van der Waals surface area contributed by atoms with Crippen LogP contribution in [0.3, 0.4) is 0 Å². The quantitative estimate of drug-likeness (QED) is 0.819. The van der Waals surface area contributed by atoms with Crippen LogP contribution in [-0.4, -0.2) is 25.6 Å². The first kappa shape index (κ1) is 15.8. The van der Waals surface area contributed by atoms with Crippen molar-refractivity contribution < 1.29 is 19.1 Å². The first-order chi connectivity index (χ1) is 11.1. The van der Waals surface area contributed by atoms with Crippen LogP contribution in [0.4, 0.5) is 5.69 Å². The maximum atomic E-state index is 11.9. The summed E-state index contributed by atoms with van der Waals surface area (Å²) in [6.07, 6.45) is 5.44. The number of anilines is 1. The summed E-state index contributed by atoms with van der Waals surface area (Å²) in [5.74, 6) is 2.04. The molecule has 0 spiro atoms. The molecule has 3 atom stereocenters. The molecule has 0 radical (unpaired) electrons. The van der Waals surface area contributed by atoms with Gasteiger partial charge in [-0.15, -0.1) is 0 Å². The number of methoxy groups -OCH3 is 1. The molecule has 2 saturated carbocycles. The van der Waals surface area contributed by atoms with Crippen molar-refractivity contribution >= 4 is 17.6 Å². The minimum Gasteiger partial charge on any atom is -0.497 e. The van der Waals surface area contributed by atoms with Gasteiger partial charge in [0.05, 0.1) is 7.11 Å². The van der Waals surface area contributed by atoms with E-state index in [1.807, 2.05) is 0 Å². The molecule has 0 saturated heterocycles. The SMILES string of the molecule is COc1cccc(NC(=O)COC(=O)C[C@@H]2C[C@H]3CC[C@@H]2C3)c1. The van der Waals surface area contributed by atoms with E-state index in [4.69, 9.17) is 9.47 Å². The van der Waals surface area contributed by atoms with Crippen molar-refractivity contribution in [2.24, 2.45) is 17.8 Å². The Hall–Kier alpha value is -2.04. The van der Waals surface area contributed by atoms with E-state index >= 15 is 0 Å². The van der Waals surface area contributed by atoms with E-state index in [2.05, 4.69) is 5.32 Å². The Morgan fingerprint density at radius 2 is 2.13 bits per heavy atom. The van der Waals surface area contributed by atoms with Gasteiger partial charge < -0.3 is 14.8 Å². The van der Waals surface area contributed by atoms with Crippen molar-refractivity contribution in [3.05, 3.63) is 24.3 Å². The number of ether oxygens (including phenoxy) is 2. The smallest absolute Gasteiger partial charge is 0.306 e. The van der Waals surface area contributed by atoms with Gasteiger partial charge in [0.25, 0.3) is 5.91 Å². The number of esters is 1. The lowest BCUT2D eigenvalue weighted by Crippen LogP contribution is -2.23. The molecule has 1 amide bonds. The normalized spacial score (nSPS) is 25.2. The predicted molar refractivity (Wildman–Crippen MR) is 86.1 cm³/mol. The number of carbonyl (C=O) groups excluding carboxylic acids is 2. The van der Waals surface area contributed by atoms with E-state index in [1.54, 1.807) is 31.4 Å². The second kappa shape index (κ2) is 7.02. The molecule has 0 aliphatic heterocycles. The molecule has 1 N–H and O–H groups in total. The molecule has 0 aromatic heterocycles. The summed E-state index contributed by atoms with van der Waals surface area (Å²) in [5, 5.41) is 2.70. The zero-order chi connectivity index (χ0) is 16.2. The fraction of sp³-hybridized carbons (Fsp3) is 0.556. The molecule has 124 valence electrons. The van der Waals surface area contributed by atoms with Gasteiger partial charge in [-0.2, -0.15) is 0 Å². The highest BCUT2D eigenvalue weighted by molar-refractivity contribution is 5.92. The van der Waals surface area contributed by atoms with Crippen LogP contribution in [0, 0.1) is 17.8 Å². The summed E-state index contributed by atoms with van der Waals surface area (Å²) >= 11 is 0. The third kappa shape index (κ3) is 4.03. The largest absolute Gasteiger partial charge is 0.497 e. The van der Waals surface area contributed by atoms with Crippen molar-refractivity contribution in [2.75, 3.05) is 19.0 Å². The first-order valence-electron chi connectivity index (χ1n) is 8.23. The van der Waals surface area contributed by atoms with E-state index < -0.39 is 0 Å². The highest BCUT2D eigenvalue weighted by Crippen LogP contribution is 2.49. The van der Waals surface area contributed by atoms with Crippen molar-refractivity contribution in [3.8, 4) is 5.75 Å². The Balaban J connectivity index is 1.40. The van der Waals surface area contributed by atoms with Crippen LogP contribution in [0.1, 0.15) is 32.1 Å². The van der Waals surface area contributed by atoms with Gasteiger partial charge in [-0.05, 0) is 49.1 Å². The predicted octanol–water partition coefficient (Wildman–Crippen LogP) is 3.00. The van der Waals surface area contributed by atoms with Gasteiger partial charge >= 0.3 is 5.97 Å². The van der Waals surface area contributed by atoms with Gasteiger partial charge in [-0.3, -0.25) is 9.59 Å². The van der Waals surface area contributed by atoms with Gasteiger partial charge in [0.2, 0.25) is 0 Å². The average Bonchev–Trinajstić information content (AvgIpc) is 3.16. The molecule has 5 nitrogen and oxygen atoms in total. The minimum atomic E-state index is -0.334. The van der Waals surface area contributed by atoms with E-state index in [1.165, 1.54) is 19.3 Å². The summed E-state index contributed by atoms with van der Waals surface area (Å²) in [7, 11) is 1.57. The monoisotopic (exact) mass is 317 g/mol. The maximum absolute atomic E-state index is 11.9. The second-order valence-corrected chi connectivity index (χ2v) is 6.58. The van der Waals surface area contributed by atoms with E-state index in [0.29, 0.717) is 29.7 Å². The lowest BCUT2D eigenvalue weighted by atomic mass is 9.86. The first-order valence-corrected chi connectivity index (χ1v) is 8.23. The molecule has 0 unspecified atom stereocenters. The zero-order valence-corrected chi connectivity index (χ0v) is 13.4. The number of hydrogen-bond donors (Lipinski definition) is 1. The van der Waals surface area contributed by atoms with Crippen molar-refractivity contribution in [1.82, 2.24) is 0 Å². The van der Waals surface area contributed by atoms with Gasteiger partial charge in [0.15, 0.2) is 6.61 Å². The average molecular weight is 317 g/mol. The number of hydrogen-bond acceptors (Lipinski definition) is 4. The fourth-order valence-corrected chi connectivity index (χ4v) is 3.94. The van der Waals surface area contributed by atoms with Gasteiger partial charge in [0.1, 0.15) is 5.75 Å². The highest BCUT2D eigenvalue weighted by atomic mass is 16.5. The van der Waals surface area contributed by atoms with Crippen LogP contribution in [0.2, 0.25) is 0 Å². The Bertz CT molecular complexity index is 586. The van der Waals surface area contributed by atoms with E-state index in [9.17, 15) is 9.59 Å². The lowest BCUT2D eigenvalue weighted by molar-refractivity contribution is -0.148. The molecule has 2 fully saturated rings. The number of nitrogens with one attached hydrogen (secondary N) is 1. The van der Waals surface area contributed by atoms with Crippen molar-refractivity contribution in [3.63, 3.8) is 0 Å². The summed E-state index contributed by atoms with van der Waals surface area (Å²) < 4.78 is 10.2. The summed E-state index contributed by atoms with van der Waals surface area (Å²) in [4.78, 5) is 23.8. The molecule has 2 aliphatic carbocycles. The summed E-state index contributed by atoms with van der Waals surface area (Å²) in [6.45, 7) is -0.239. The molecule has 1 aromatic rings. The maximum Gasteiger partial charge on any atom is 0.306 e. The van der Waals surface area contributed by atoms with Crippen LogP contribution in [0.25, 0.3) is 0 Å². The molecular formula is C18H23NO4. The molecular weight excluding hydrogens is 294 g/mol. The Kier molecular flexibility index (Phi) is 4.84. The fourth-order valence-electron chi connectivity index (χ4n) is 3.94. The summed E-state index contributed by atoms with van der Waals surface area (Å²) in [5.41, 5.74) is 0.624. The topological polar surface area (TPSA) is 64.6 Å². The zero-order valence-electron chi connectivity index (χ0n) is 13.4. The molecule has 5 heteroatoms. The Labute approximate surface area is 136 Å². The van der Waals surface area contributed by atoms with Crippen LogP contribution in [-0.2, 0) is 14.3 Å². The Morgan fingerprint density at radius 3 is 2.83 bits per heavy atom. The third-order valence-corrected chi connectivity index (χ3v) is 5.03. The van der Waals surface area contributed by atoms with Crippen molar-refractivity contribution in [1.29, 1.82) is 0 Å². The highest BCUT2D eigenvalue weighted by Gasteiger charge is 2.40. The van der Waals surface area contributed by atoms with Crippen LogP contribution < -0.4 is 10.1 Å². The molecule has 23 heavy (non-hydrogen) atoms. The molecule has 0 heterocycles. The standard InChI is InChI=1S/C18H23NO4/c1-22-16-4-2-3-15(10-16)19-17(20)11-23-18(21)9-14-8-12-5-6-13(14)7-12/h2-4,10,12-14H,5-9,11H2,1H3,(H,19,20)/t12-,13+,14-/m0/s1. The minimum absolute atomic E-state index is 0.239. The van der Waals surface area contributed by atoms with Crippen molar-refractivity contribution in [2.45, 2.75) is 32.1 Å².